The highest BCUT2D eigenvalue weighted by Crippen LogP contribution is 2.37. The lowest BCUT2D eigenvalue weighted by Crippen LogP contribution is -2.09. The number of nitrogens with one attached hydrogen (secondary N) is 3. The van der Waals surface area contributed by atoms with E-state index < -0.39 is 10.0 Å². The molecular formula is C23H23ClN4O4S. The number of para-hydroxylation sites is 1. The lowest BCUT2D eigenvalue weighted by molar-refractivity contribution is -0.114. The minimum absolute atomic E-state index is 0. The highest BCUT2D eigenvalue weighted by molar-refractivity contribution is 7.92. The predicted octanol–water partition coefficient (Wildman–Crippen LogP) is 4.89. The topological polar surface area (TPSA) is 109 Å². The van der Waals surface area contributed by atoms with Crippen LogP contribution in [0.4, 0.5) is 22.7 Å². The molecule has 0 aliphatic heterocycles. The molecule has 4 rings (SSSR count). The van der Waals surface area contributed by atoms with E-state index in [0.717, 1.165) is 28.2 Å². The van der Waals surface area contributed by atoms with Gasteiger partial charge in [0.05, 0.1) is 41.5 Å². The van der Waals surface area contributed by atoms with Gasteiger partial charge in [0.2, 0.25) is 15.9 Å². The van der Waals surface area contributed by atoms with Crippen molar-refractivity contribution in [2.45, 2.75) is 6.92 Å². The third kappa shape index (κ3) is 5.44. The Morgan fingerprint density at radius 1 is 0.939 bits per heavy atom. The number of carbonyl (C=O) groups is 1. The Balaban J connectivity index is 0.00000306. The maximum absolute atomic E-state index is 11.6. The van der Waals surface area contributed by atoms with Crippen molar-refractivity contribution in [2.24, 2.45) is 0 Å². The standard InChI is InChI=1S/C23H22N4O4S.ClH/c1-14(28)24-15-8-10-18-21(12-15)25-19-7-5-4-6-17(19)23(18)26-20-11-9-16(13-22(20)31-2)27-32(3,29)30;/h4-13,27H,1-3H3,(H,24,28)(H,25,26);1H. The fraction of sp³-hybridized carbons (Fsp3) is 0.130. The molecule has 0 bridgehead atoms. The van der Waals surface area contributed by atoms with Gasteiger partial charge in [0.15, 0.2) is 0 Å². The largest absolute Gasteiger partial charge is 0.494 e. The van der Waals surface area contributed by atoms with E-state index in [1.54, 1.807) is 18.2 Å². The number of fused-ring (bicyclic) bond motifs is 2. The van der Waals surface area contributed by atoms with Crippen molar-refractivity contribution < 1.29 is 17.9 Å². The molecule has 3 N–H and O–H groups in total. The first-order valence-corrected chi connectivity index (χ1v) is 11.7. The zero-order valence-electron chi connectivity index (χ0n) is 18.2. The number of ether oxygens (including phenoxy) is 1. The molecule has 1 aromatic heterocycles. The Kier molecular flexibility index (Phi) is 6.95. The van der Waals surface area contributed by atoms with Crippen molar-refractivity contribution in [1.82, 2.24) is 4.98 Å². The second-order valence-corrected chi connectivity index (χ2v) is 9.08. The Hall–Kier alpha value is -3.56. The molecular weight excluding hydrogens is 464 g/mol. The lowest BCUT2D eigenvalue weighted by atomic mass is 10.1. The zero-order chi connectivity index (χ0) is 22.9. The van der Waals surface area contributed by atoms with E-state index >= 15 is 0 Å². The van der Waals surface area contributed by atoms with Gasteiger partial charge in [-0.2, -0.15) is 0 Å². The lowest BCUT2D eigenvalue weighted by Gasteiger charge is -2.17. The molecule has 3 aromatic carbocycles. The maximum Gasteiger partial charge on any atom is 0.229 e. The first kappa shape index (κ1) is 24.1. The Bertz CT molecular complexity index is 1460. The molecule has 0 unspecified atom stereocenters. The maximum atomic E-state index is 11.6. The molecule has 10 heteroatoms. The van der Waals surface area contributed by atoms with E-state index in [9.17, 15) is 13.2 Å². The summed E-state index contributed by atoms with van der Waals surface area (Å²) in [5, 5.41) is 7.98. The molecule has 0 spiro atoms. The van der Waals surface area contributed by atoms with Gasteiger partial charge in [0, 0.05) is 29.4 Å². The number of carbonyl (C=O) groups excluding carboxylic acids is 1. The number of aromatic nitrogens is 1. The number of anilines is 4. The number of sulfonamides is 1. The van der Waals surface area contributed by atoms with Gasteiger partial charge in [-0.25, -0.2) is 13.4 Å². The van der Waals surface area contributed by atoms with E-state index in [4.69, 9.17) is 9.72 Å². The van der Waals surface area contributed by atoms with Crippen LogP contribution >= 0.6 is 12.4 Å². The van der Waals surface area contributed by atoms with Crippen LogP contribution < -0.4 is 20.1 Å². The summed E-state index contributed by atoms with van der Waals surface area (Å²) in [4.78, 5) is 16.2. The molecule has 0 aliphatic rings. The number of methoxy groups -OCH3 is 1. The molecule has 0 atom stereocenters. The average Bonchev–Trinajstić information content (AvgIpc) is 2.72. The summed E-state index contributed by atoms with van der Waals surface area (Å²) in [6.07, 6.45) is 1.09. The summed E-state index contributed by atoms with van der Waals surface area (Å²) in [7, 11) is -1.89. The molecule has 8 nitrogen and oxygen atoms in total. The highest BCUT2D eigenvalue weighted by Gasteiger charge is 2.14. The number of rotatable bonds is 6. The first-order valence-electron chi connectivity index (χ1n) is 9.76. The monoisotopic (exact) mass is 486 g/mol. The number of halogens is 1. The van der Waals surface area contributed by atoms with Crippen LogP contribution in [-0.4, -0.2) is 32.7 Å². The Morgan fingerprint density at radius 2 is 1.64 bits per heavy atom. The highest BCUT2D eigenvalue weighted by atomic mass is 35.5. The Morgan fingerprint density at radius 3 is 2.33 bits per heavy atom. The molecule has 33 heavy (non-hydrogen) atoms. The van der Waals surface area contributed by atoms with Crippen LogP contribution in [0.1, 0.15) is 6.92 Å². The number of nitrogens with zero attached hydrogens (tertiary/aromatic N) is 1. The van der Waals surface area contributed by atoms with Crippen LogP contribution in [0.2, 0.25) is 0 Å². The molecule has 0 fully saturated rings. The van der Waals surface area contributed by atoms with E-state index in [1.807, 2.05) is 42.5 Å². The minimum Gasteiger partial charge on any atom is -0.494 e. The van der Waals surface area contributed by atoms with Gasteiger partial charge in [-0.1, -0.05) is 18.2 Å². The van der Waals surface area contributed by atoms with Crippen molar-refractivity contribution in [1.29, 1.82) is 0 Å². The van der Waals surface area contributed by atoms with Crippen LogP contribution in [-0.2, 0) is 14.8 Å². The van der Waals surface area contributed by atoms with Crippen LogP contribution in [0.25, 0.3) is 21.8 Å². The zero-order valence-corrected chi connectivity index (χ0v) is 19.8. The summed E-state index contributed by atoms with van der Waals surface area (Å²) in [6.45, 7) is 1.46. The molecule has 1 heterocycles. The van der Waals surface area contributed by atoms with Crippen molar-refractivity contribution >= 4 is 72.9 Å². The smallest absolute Gasteiger partial charge is 0.229 e. The summed E-state index contributed by atoms with van der Waals surface area (Å²) >= 11 is 0. The van der Waals surface area contributed by atoms with Gasteiger partial charge in [-0.15, -0.1) is 12.4 Å². The normalized spacial score (nSPS) is 11.0. The van der Waals surface area contributed by atoms with E-state index in [-0.39, 0.29) is 18.3 Å². The van der Waals surface area contributed by atoms with Crippen molar-refractivity contribution in [3.05, 3.63) is 60.7 Å². The second kappa shape index (κ2) is 9.51. The summed E-state index contributed by atoms with van der Waals surface area (Å²) in [5.41, 5.74) is 4.05. The number of amides is 1. The fourth-order valence-electron chi connectivity index (χ4n) is 3.52. The SMILES string of the molecule is COc1cc(NS(C)(=O)=O)ccc1Nc1c2ccccc2nc2cc(NC(C)=O)ccc12.Cl. The number of benzene rings is 3. The number of hydrogen-bond acceptors (Lipinski definition) is 6. The summed E-state index contributed by atoms with van der Waals surface area (Å²) in [6, 6.07) is 18.3. The van der Waals surface area contributed by atoms with Crippen molar-refractivity contribution in [3.8, 4) is 5.75 Å². The molecule has 4 aromatic rings. The number of pyridine rings is 1. The molecule has 0 saturated carbocycles. The third-order valence-electron chi connectivity index (χ3n) is 4.77. The summed E-state index contributed by atoms with van der Waals surface area (Å²) in [5.74, 6) is 0.318. The number of hydrogen-bond donors (Lipinski definition) is 3. The van der Waals surface area contributed by atoms with Crippen molar-refractivity contribution in [2.75, 3.05) is 28.7 Å². The van der Waals surface area contributed by atoms with Crippen LogP contribution in [0.15, 0.2) is 60.7 Å². The predicted molar refractivity (Wildman–Crippen MR) is 136 cm³/mol. The van der Waals surface area contributed by atoms with E-state index in [0.29, 0.717) is 28.3 Å². The molecule has 0 saturated heterocycles. The Labute approximate surface area is 197 Å². The second-order valence-electron chi connectivity index (χ2n) is 7.33. The van der Waals surface area contributed by atoms with Gasteiger partial charge in [0.1, 0.15) is 5.75 Å². The minimum atomic E-state index is -3.41. The van der Waals surface area contributed by atoms with E-state index in [2.05, 4.69) is 15.4 Å². The average molecular weight is 487 g/mol. The fourth-order valence-corrected chi connectivity index (χ4v) is 4.07. The van der Waals surface area contributed by atoms with Gasteiger partial charge < -0.3 is 15.4 Å². The van der Waals surface area contributed by atoms with Crippen LogP contribution in [0.3, 0.4) is 0 Å². The van der Waals surface area contributed by atoms with Crippen molar-refractivity contribution in [3.63, 3.8) is 0 Å². The van der Waals surface area contributed by atoms with E-state index in [1.165, 1.54) is 14.0 Å². The first-order chi connectivity index (χ1) is 15.2. The molecule has 0 aliphatic carbocycles. The molecule has 1 amide bonds. The quantitative estimate of drug-likeness (QED) is 0.335. The van der Waals surface area contributed by atoms with Gasteiger partial charge in [-0.05, 0) is 36.4 Å². The van der Waals surface area contributed by atoms with Gasteiger partial charge in [0.25, 0.3) is 0 Å². The van der Waals surface area contributed by atoms with Gasteiger partial charge >= 0.3 is 0 Å². The van der Waals surface area contributed by atoms with Gasteiger partial charge in [-0.3, -0.25) is 9.52 Å². The third-order valence-corrected chi connectivity index (χ3v) is 5.37. The molecule has 172 valence electrons. The molecule has 0 radical (unpaired) electrons. The van der Waals surface area contributed by atoms with Crippen LogP contribution in [0.5, 0.6) is 5.75 Å². The van der Waals surface area contributed by atoms with Crippen LogP contribution in [0, 0.1) is 0 Å². The summed E-state index contributed by atoms with van der Waals surface area (Å²) < 4.78 is 31.1.